The minimum Gasteiger partial charge on any atom is -0.492 e. The second-order valence-corrected chi connectivity index (χ2v) is 7.07. The van der Waals surface area contributed by atoms with Gasteiger partial charge >= 0.3 is 0 Å². The molecule has 1 N–H and O–H groups in total. The Morgan fingerprint density at radius 1 is 1.00 bits per heavy atom. The standard InChI is InChI=1S/C22H23N3O2S/c1-3-16-9-11-17(12-10-16)18-13-14-22(25-24-18)28-15-21(26)23-19-7-5-6-8-20(19)27-4-2/h5-14H,3-4,15H2,1-2H3,(H,23,26). The number of hydrogen-bond donors (Lipinski definition) is 1. The van der Waals surface area contributed by atoms with E-state index in [1.54, 1.807) is 0 Å². The maximum Gasteiger partial charge on any atom is 0.234 e. The van der Waals surface area contributed by atoms with E-state index in [-0.39, 0.29) is 11.7 Å². The zero-order valence-corrected chi connectivity index (χ0v) is 16.8. The predicted molar refractivity (Wildman–Crippen MR) is 114 cm³/mol. The molecule has 0 saturated carbocycles. The van der Waals surface area contributed by atoms with Gasteiger partial charge in [0, 0.05) is 5.56 Å². The number of nitrogens with zero attached hydrogens (tertiary/aromatic N) is 2. The Balaban J connectivity index is 1.56. The third-order valence-electron chi connectivity index (χ3n) is 4.11. The van der Waals surface area contributed by atoms with E-state index in [2.05, 4.69) is 46.7 Å². The summed E-state index contributed by atoms with van der Waals surface area (Å²) in [6.45, 7) is 4.59. The minimum atomic E-state index is -0.113. The van der Waals surface area contributed by atoms with Crippen molar-refractivity contribution in [1.82, 2.24) is 10.2 Å². The summed E-state index contributed by atoms with van der Waals surface area (Å²) >= 11 is 1.35. The number of ether oxygens (including phenoxy) is 1. The van der Waals surface area contributed by atoms with Crippen LogP contribution in [0.1, 0.15) is 19.4 Å². The molecule has 0 unspecified atom stereocenters. The number of thioether (sulfide) groups is 1. The van der Waals surface area contributed by atoms with Crippen molar-refractivity contribution in [2.24, 2.45) is 0 Å². The van der Waals surface area contributed by atoms with E-state index in [0.717, 1.165) is 17.7 Å². The van der Waals surface area contributed by atoms with Crippen LogP contribution in [0.2, 0.25) is 0 Å². The summed E-state index contributed by atoms with van der Waals surface area (Å²) in [5.41, 5.74) is 3.82. The van der Waals surface area contributed by atoms with E-state index in [1.165, 1.54) is 17.3 Å². The molecule has 0 aliphatic carbocycles. The second kappa shape index (κ2) is 9.90. The van der Waals surface area contributed by atoms with Crippen LogP contribution in [0, 0.1) is 0 Å². The lowest BCUT2D eigenvalue weighted by Gasteiger charge is -2.11. The van der Waals surface area contributed by atoms with Crippen LogP contribution >= 0.6 is 11.8 Å². The molecule has 3 aromatic rings. The summed E-state index contributed by atoms with van der Waals surface area (Å²) in [6, 6.07) is 19.5. The molecule has 3 rings (SSSR count). The van der Waals surface area contributed by atoms with Crippen LogP contribution in [0.3, 0.4) is 0 Å². The Labute approximate surface area is 169 Å². The third kappa shape index (κ3) is 5.33. The van der Waals surface area contributed by atoms with Crippen molar-refractivity contribution in [2.45, 2.75) is 25.3 Å². The second-order valence-electron chi connectivity index (χ2n) is 6.07. The Kier molecular flexibility index (Phi) is 7.03. The van der Waals surface area contributed by atoms with E-state index in [9.17, 15) is 4.79 Å². The van der Waals surface area contributed by atoms with Gasteiger partial charge in [0.25, 0.3) is 0 Å². The Hall–Kier alpha value is -2.86. The predicted octanol–water partition coefficient (Wildman–Crippen LogP) is 4.84. The lowest BCUT2D eigenvalue weighted by Crippen LogP contribution is -2.15. The Bertz CT molecular complexity index is 912. The van der Waals surface area contributed by atoms with Gasteiger partial charge in [0.1, 0.15) is 10.8 Å². The van der Waals surface area contributed by atoms with Crippen LogP contribution in [0.25, 0.3) is 11.3 Å². The molecule has 0 atom stereocenters. The molecular weight excluding hydrogens is 370 g/mol. The summed E-state index contributed by atoms with van der Waals surface area (Å²) in [6.07, 6.45) is 1.01. The summed E-state index contributed by atoms with van der Waals surface area (Å²) in [7, 11) is 0. The van der Waals surface area contributed by atoms with Gasteiger partial charge in [0.05, 0.1) is 23.7 Å². The number of nitrogens with one attached hydrogen (secondary N) is 1. The van der Waals surface area contributed by atoms with Crippen molar-refractivity contribution in [2.75, 3.05) is 17.7 Å². The molecule has 28 heavy (non-hydrogen) atoms. The highest BCUT2D eigenvalue weighted by Gasteiger charge is 2.09. The first-order chi connectivity index (χ1) is 13.7. The van der Waals surface area contributed by atoms with Crippen LogP contribution in [0.4, 0.5) is 5.69 Å². The number of anilines is 1. The molecule has 144 valence electrons. The number of rotatable bonds is 8. The largest absolute Gasteiger partial charge is 0.492 e. The van der Waals surface area contributed by atoms with Gasteiger partial charge in [-0.3, -0.25) is 4.79 Å². The van der Waals surface area contributed by atoms with Crippen molar-refractivity contribution in [3.8, 4) is 17.0 Å². The lowest BCUT2D eigenvalue weighted by molar-refractivity contribution is -0.113. The zero-order chi connectivity index (χ0) is 19.8. The normalized spacial score (nSPS) is 10.5. The molecule has 0 aliphatic heterocycles. The van der Waals surface area contributed by atoms with E-state index in [1.807, 2.05) is 43.3 Å². The molecule has 5 nitrogen and oxygen atoms in total. The molecule has 0 saturated heterocycles. The molecule has 1 heterocycles. The Morgan fingerprint density at radius 2 is 1.79 bits per heavy atom. The van der Waals surface area contributed by atoms with Crippen LogP contribution < -0.4 is 10.1 Å². The Morgan fingerprint density at radius 3 is 2.46 bits per heavy atom. The fourth-order valence-corrected chi connectivity index (χ4v) is 3.25. The average Bonchev–Trinajstić information content (AvgIpc) is 2.74. The fraction of sp³-hybridized carbons (Fsp3) is 0.227. The van der Waals surface area contributed by atoms with Gasteiger partial charge in [-0.1, -0.05) is 55.1 Å². The number of carbonyl (C=O) groups excluding carboxylic acids is 1. The summed E-state index contributed by atoms with van der Waals surface area (Å²) in [5, 5.41) is 12.1. The smallest absolute Gasteiger partial charge is 0.234 e. The fourth-order valence-electron chi connectivity index (χ4n) is 2.64. The molecule has 1 amide bonds. The van der Waals surface area contributed by atoms with Gasteiger partial charge in [-0.25, -0.2) is 0 Å². The minimum absolute atomic E-state index is 0.113. The molecule has 0 aliphatic rings. The highest BCUT2D eigenvalue weighted by atomic mass is 32.2. The SMILES string of the molecule is CCOc1ccccc1NC(=O)CSc1ccc(-c2ccc(CC)cc2)nn1. The highest BCUT2D eigenvalue weighted by Crippen LogP contribution is 2.25. The number of benzene rings is 2. The lowest BCUT2D eigenvalue weighted by atomic mass is 10.1. The summed E-state index contributed by atoms with van der Waals surface area (Å²) in [4.78, 5) is 12.3. The van der Waals surface area contributed by atoms with Gasteiger partial charge in [0.15, 0.2) is 0 Å². The van der Waals surface area contributed by atoms with E-state index in [0.29, 0.717) is 23.1 Å². The van der Waals surface area contributed by atoms with Gasteiger partial charge in [-0.15, -0.1) is 10.2 Å². The highest BCUT2D eigenvalue weighted by molar-refractivity contribution is 7.99. The number of hydrogen-bond acceptors (Lipinski definition) is 5. The topological polar surface area (TPSA) is 64.1 Å². The maximum atomic E-state index is 12.3. The maximum absolute atomic E-state index is 12.3. The summed E-state index contributed by atoms with van der Waals surface area (Å²) < 4.78 is 5.53. The number of carbonyl (C=O) groups is 1. The quantitative estimate of drug-likeness (QED) is 0.555. The van der Waals surface area contributed by atoms with E-state index < -0.39 is 0 Å². The van der Waals surface area contributed by atoms with Crippen molar-refractivity contribution in [3.05, 3.63) is 66.2 Å². The van der Waals surface area contributed by atoms with Gasteiger partial charge < -0.3 is 10.1 Å². The van der Waals surface area contributed by atoms with Gasteiger partial charge in [-0.05, 0) is 43.2 Å². The van der Waals surface area contributed by atoms with Gasteiger partial charge in [0.2, 0.25) is 5.91 Å². The number of aromatic nitrogens is 2. The number of amides is 1. The average molecular weight is 394 g/mol. The molecule has 0 radical (unpaired) electrons. The van der Waals surface area contributed by atoms with Crippen LogP contribution in [0.5, 0.6) is 5.75 Å². The first-order valence-corrected chi connectivity index (χ1v) is 10.3. The van der Waals surface area contributed by atoms with Gasteiger partial charge in [-0.2, -0.15) is 0 Å². The molecule has 6 heteroatoms. The molecule has 0 fully saturated rings. The van der Waals surface area contributed by atoms with Crippen molar-refractivity contribution < 1.29 is 9.53 Å². The van der Waals surface area contributed by atoms with Crippen molar-refractivity contribution in [3.63, 3.8) is 0 Å². The zero-order valence-electron chi connectivity index (χ0n) is 16.0. The number of aryl methyl sites for hydroxylation is 1. The number of para-hydroxylation sites is 2. The molecule has 0 spiro atoms. The van der Waals surface area contributed by atoms with E-state index in [4.69, 9.17) is 4.74 Å². The van der Waals surface area contributed by atoms with Crippen LogP contribution in [-0.4, -0.2) is 28.5 Å². The van der Waals surface area contributed by atoms with Crippen LogP contribution in [0.15, 0.2) is 65.7 Å². The summed E-state index contributed by atoms with van der Waals surface area (Å²) in [5.74, 6) is 0.805. The van der Waals surface area contributed by atoms with Crippen molar-refractivity contribution >= 4 is 23.4 Å². The molecular formula is C22H23N3O2S. The first-order valence-electron chi connectivity index (χ1n) is 9.27. The van der Waals surface area contributed by atoms with Crippen molar-refractivity contribution in [1.29, 1.82) is 0 Å². The molecule has 2 aromatic carbocycles. The monoisotopic (exact) mass is 393 g/mol. The molecule has 1 aromatic heterocycles. The first kappa shape index (κ1) is 19.9. The molecule has 0 bridgehead atoms. The van der Waals surface area contributed by atoms with E-state index >= 15 is 0 Å². The third-order valence-corrected chi connectivity index (χ3v) is 5.03. The van der Waals surface area contributed by atoms with Crippen LogP contribution in [-0.2, 0) is 11.2 Å².